The Bertz CT molecular complexity index is 1320. The number of ether oxygens (including phenoxy) is 2. The summed E-state index contributed by atoms with van der Waals surface area (Å²) < 4.78 is 11.3. The van der Waals surface area contributed by atoms with Crippen molar-refractivity contribution in [3.63, 3.8) is 0 Å². The molecule has 2 amide bonds. The first kappa shape index (κ1) is 25.7. The quantitative estimate of drug-likeness (QED) is 0.269. The molecule has 0 unspecified atom stereocenters. The smallest absolute Gasteiger partial charge is 0.293 e. The third kappa shape index (κ3) is 5.90. The predicted molar refractivity (Wildman–Crippen MR) is 142 cm³/mol. The van der Waals surface area contributed by atoms with Crippen LogP contribution in [0.5, 0.6) is 11.5 Å². The number of methoxy groups -OCH3 is 1. The Hall–Kier alpha value is -2.35. The van der Waals surface area contributed by atoms with Gasteiger partial charge in [-0.3, -0.25) is 14.5 Å². The number of benzene rings is 3. The maximum atomic E-state index is 13.0. The number of hydrogen-bond donors (Lipinski definition) is 0. The van der Waals surface area contributed by atoms with Gasteiger partial charge in [0.1, 0.15) is 6.61 Å². The topological polar surface area (TPSA) is 55.8 Å². The molecule has 0 saturated carbocycles. The van der Waals surface area contributed by atoms with Gasteiger partial charge in [0.25, 0.3) is 11.1 Å². The zero-order valence-corrected chi connectivity index (χ0v) is 22.0. The fourth-order valence-electron chi connectivity index (χ4n) is 3.32. The highest BCUT2D eigenvalue weighted by molar-refractivity contribution is 8.18. The van der Waals surface area contributed by atoms with E-state index in [4.69, 9.17) is 55.9 Å². The minimum absolute atomic E-state index is 0.0145. The van der Waals surface area contributed by atoms with Crippen LogP contribution in [-0.2, 0) is 17.9 Å². The first-order valence-electron chi connectivity index (χ1n) is 10.2. The minimum Gasteiger partial charge on any atom is -0.493 e. The maximum absolute atomic E-state index is 13.0. The van der Waals surface area contributed by atoms with Crippen molar-refractivity contribution in [2.75, 3.05) is 7.11 Å². The first-order valence-corrected chi connectivity index (χ1v) is 12.5. The van der Waals surface area contributed by atoms with E-state index in [1.165, 1.54) is 7.11 Å². The van der Waals surface area contributed by atoms with Crippen LogP contribution in [0.4, 0.5) is 4.79 Å². The highest BCUT2D eigenvalue weighted by Crippen LogP contribution is 2.37. The number of halogens is 4. The van der Waals surface area contributed by atoms with Crippen molar-refractivity contribution in [3.05, 3.63) is 96.3 Å². The molecular formula is C25H17Cl4NO4S. The van der Waals surface area contributed by atoms with E-state index in [9.17, 15) is 9.59 Å². The number of amides is 2. The summed E-state index contributed by atoms with van der Waals surface area (Å²) in [7, 11) is 1.53. The summed E-state index contributed by atoms with van der Waals surface area (Å²) in [5.74, 6) is 0.533. The molecule has 4 rings (SSSR count). The average Bonchev–Trinajstić information content (AvgIpc) is 3.08. The number of carbonyl (C=O) groups excluding carboxylic acids is 2. The number of hydrogen-bond acceptors (Lipinski definition) is 5. The average molecular weight is 569 g/mol. The molecular weight excluding hydrogens is 552 g/mol. The van der Waals surface area contributed by atoms with Gasteiger partial charge in [-0.1, -0.05) is 64.6 Å². The molecule has 0 radical (unpaired) electrons. The van der Waals surface area contributed by atoms with Crippen LogP contribution in [0.1, 0.15) is 16.7 Å². The highest BCUT2D eigenvalue weighted by Gasteiger charge is 2.35. The summed E-state index contributed by atoms with van der Waals surface area (Å²) in [6.07, 6.45) is 1.63. The molecule has 0 aromatic heterocycles. The van der Waals surface area contributed by atoms with Crippen LogP contribution >= 0.6 is 58.2 Å². The monoisotopic (exact) mass is 567 g/mol. The molecule has 1 aliphatic heterocycles. The SMILES string of the molecule is COc1ccc(/C=C2\SC(=O)N(Cc3c(Cl)cccc3Cl)C2=O)cc1OCc1ccc(Cl)cc1Cl. The Morgan fingerprint density at radius 2 is 1.66 bits per heavy atom. The number of nitrogens with zero attached hydrogens (tertiary/aromatic N) is 1. The Balaban J connectivity index is 1.55. The van der Waals surface area contributed by atoms with Gasteiger partial charge in [-0.25, -0.2) is 0 Å². The number of carbonyl (C=O) groups is 2. The van der Waals surface area contributed by atoms with E-state index >= 15 is 0 Å². The molecule has 10 heteroatoms. The molecule has 5 nitrogen and oxygen atoms in total. The minimum atomic E-state index is -0.429. The standard InChI is InChI=1S/C25H17Cl4NO4S/c1-33-21-8-5-14(9-22(21)34-13-15-6-7-16(26)11-20(15)29)10-23-24(31)30(25(32)35-23)12-17-18(27)3-2-4-19(17)28/h2-11H,12-13H2,1H3/b23-10-. The summed E-state index contributed by atoms with van der Waals surface area (Å²) in [4.78, 5) is 26.9. The van der Waals surface area contributed by atoms with Crippen LogP contribution in [0, 0.1) is 0 Å². The fraction of sp³-hybridized carbons (Fsp3) is 0.120. The number of thioether (sulfide) groups is 1. The van der Waals surface area contributed by atoms with Crippen molar-refractivity contribution in [1.29, 1.82) is 0 Å². The summed E-state index contributed by atoms with van der Waals surface area (Å²) >= 11 is 25.5. The molecule has 180 valence electrons. The Labute approximate surface area is 226 Å². The molecule has 3 aromatic rings. The van der Waals surface area contributed by atoms with Crippen LogP contribution < -0.4 is 9.47 Å². The van der Waals surface area contributed by atoms with Crippen LogP contribution in [0.2, 0.25) is 20.1 Å². The Kier molecular flexibility index (Phi) is 8.19. The summed E-state index contributed by atoms with van der Waals surface area (Å²) in [6, 6.07) is 15.4. The third-order valence-corrected chi connectivity index (χ3v) is 7.34. The van der Waals surface area contributed by atoms with Gasteiger partial charge >= 0.3 is 0 Å². The lowest BCUT2D eigenvalue weighted by Gasteiger charge is -2.14. The van der Waals surface area contributed by atoms with Crippen molar-refractivity contribution < 1.29 is 19.1 Å². The molecule has 3 aromatic carbocycles. The van der Waals surface area contributed by atoms with Crippen LogP contribution in [-0.4, -0.2) is 23.2 Å². The second-order valence-electron chi connectivity index (χ2n) is 7.40. The van der Waals surface area contributed by atoms with E-state index in [1.54, 1.807) is 60.7 Å². The lowest BCUT2D eigenvalue weighted by atomic mass is 10.1. The van der Waals surface area contributed by atoms with E-state index < -0.39 is 11.1 Å². The van der Waals surface area contributed by atoms with Crippen molar-refractivity contribution in [1.82, 2.24) is 4.90 Å². The van der Waals surface area contributed by atoms with Gasteiger partial charge in [-0.2, -0.15) is 0 Å². The van der Waals surface area contributed by atoms with E-state index in [-0.39, 0.29) is 18.1 Å². The van der Waals surface area contributed by atoms with Crippen LogP contribution in [0.25, 0.3) is 6.08 Å². The molecule has 0 aliphatic carbocycles. The zero-order valence-electron chi connectivity index (χ0n) is 18.2. The van der Waals surface area contributed by atoms with E-state index in [0.29, 0.717) is 42.7 Å². The maximum Gasteiger partial charge on any atom is 0.293 e. The molecule has 1 aliphatic rings. The third-order valence-electron chi connectivity index (χ3n) is 5.14. The lowest BCUT2D eigenvalue weighted by Crippen LogP contribution is -2.27. The highest BCUT2D eigenvalue weighted by atomic mass is 35.5. The van der Waals surface area contributed by atoms with E-state index in [2.05, 4.69) is 0 Å². The fourth-order valence-corrected chi connectivity index (χ4v) is 5.14. The van der Waals surface area contributed by atoms with Crippen LogP contribution in [0.3, 0.4) is 0 Å². The molecule has 1 heterocycles. The second-order valence-corrected chi connectivity index (χ2v) is 10.1. The summed E-state index contributed by atoms with van der Waals surface area (Å²) in [5, 5.41) is 1.39. The first-order chi connectivity index (χ1) is 16.8. The lowest BCUT2D eigenvalue weighted by molar-refractivity contribution is -0.123. The summed E-state index contributed by atoms with van der Waals surface area (Å²) in [6.45, 7) is 0.171. The molecule has 1 saturated heterocycles. The molecule has 35 heavy (non-hydrogen) atoms. The normalized spacial score (nSPS) is 14.7. The predicted octanol–water partition coefficient (Wildman–Crippen LogP) is 8.12. The number of rotatable bonds is 7. The molecule has 0 bridgehead atoms. The number of imide groups is 1. The van der Waals surface area contributed by atoms with Gasteiger partial charge in [-0.15, -0.1) is 0 Å². The molecule has 0 N–H and O–H groups in total. The zero-order chi connectivity index (χ0) is 25.1. The summed E-state index contributed by atoms with van der Waals surface area (Å²) in [5.41, 5.74) is 1.92. The van der Waals surface area contributed by atoms with Gasteiger partial charge in [0, 0.05) is 31.2 Å². The Morgan fingerprint density at radius 1 is 0.914 bits per heavy atom. The van der Waals surface area contributed by atoms with Gasteiger partial charge in [-0.05, 0) is 59.8 Å². The van der Waals surface area contributed by atoms with Crippen molar-refractivity contribution in [3.8, 4) is 11.5 Å². The van der Waals surface area contributed by atoms with Crippen molar-refractivity contribution in [2.24, 2.45) is 0 Å². The second kappa shape index (κ2) is 11.1. The van der Waals surface area contributed by atoms with Gasteiger partial charge in [0.2, 0.25) is 0 Å². The van der Waals surface area contributed by atoms with Gasteiger partial charge in [0.15, 0.2) is 11.5 Å². The van der Waals surface area contributed by atoms with Gasteiger partial charge in [0.05, 0.1) is 18.6 Å². The van der Waals surface area contributed by atoms with Crippen LogP contribution in [0.15, 0.2) is 59.5 Å². The largest absolute Gasteiger partial charge is 0.493 e. The molecule has 0 atom stereocenters. The van der Waals surface area contributed by atoms with E-state index in [1.807, 2.05) is 0 Å². The van der Waals surface area contributed by atoms with Crippen molar-refractivity contribution >= 4 is 75.4 Å². The van der Waals surface area contributed by atoms with Gasteiger partial charge < -0.3 is 9.47 Å². The molecule has 0 spiro atoms. The van der Waals surface area contributed by atoms with Crippen molar-refractivity contribution in [2.45, 2.75) is 13.2 Å². The van der Waals surface area contributed by atoms with E-state index in [0.717, 1.165) is 22.2 Å². The Morgan fingerprint density at radius 3 is 2.34 bits per heavy atom. The molecule has 1 fully saturated rings.